The predicted octanol–water partition coefficient (Wildman–Crippen LogP) is 3.69. The van der Waals surface area contributed by atoms with Crippen LogP contribution in [0.1, 0.15) is 58.4 Å². The Bertz CT molecular complexity index is 635. The molecule has 4 heteroatoms. The third-order valence-electron chi connectivity index (χ3n) is 5.89. The molecule has 4 nitrogen and oxygen atoms in total. The van der Waals surface area contributed by atoms with E-state index in [0.29, 0.717) is 0 Å². The lowest BCUT2D eigenvalue weighted by molar-refractivity contribution is -0.129. The SMILES string of the molecule is CCC(C)NC(=O)C1CCC(C(=O)N2c3ccccc3CC2C)CC1. The molecular weight excluding hydrogens is 312 g/mol. The molecule has 1 aromatic rings. The van der Waals surface area contributed by atoms with Gasteiger partial charge in [-0.2, -0.15) is 0 Å². The summed E-state index contributed by atoms with van der Waals surface area (Å²) in [5.74, 6) is 0.543. The van der Waals surface area contributed by atoms with E-state index >= 15 is 0 Å². The second-order valence-electron chi connectivity index (χ2n) is 7.76. The Balaban J connectivity index is 1.60. The maximum absolute atomic E-state index is 13.1. The normalized spacial score (nSPS) is 26.8. The molecule has 2 atom stereocenters. The second kappa shape index (κ2) is 7.59. The Morgan fingerprint density at radius 1 is 1.16 bits per heavy atom. The van der Waals surface area contributed by atoms with Crippen LogP contribution in [0, 0.1) is 11.8 Å². The summed E-state index contributed by atoms with van der Waals surface area (Å²) in [4.78, 5) is 27.4. The van der Waals surface area contributed by atoms with Crippen LogP contribution in [0.3, 0.4) is 0 Å². The molecule has 2 amide bonds. The fourth-order valence-electron chi connectivity index (χ4n) is 4.16. The maximum atomic E-state index is 13.1. The molecule has 1 aliphatic carbocycles. The highest BCUT2D eigenvalue weighted by Crippen LogP contribution is 2.37. The smallest absolute Gasteiger partial charge is 0.230 e. The highest BCUT2D eigenvalue weighted by atomic mass is 16.2. The summed E-state index contributed by atoms with van der Waals surface area (Å²) < 4.78 is 0. The lowest BCUT2D eigenvalue weighted by Gasteiger charge is -2.32. The van der Waals surface area contributed by atoms with Gasteiger partial charge >= 0.3 is 0 Å². The molecule has 1 fully saturated rings. The molecule has 1 heterocycles. The first-order valence-electron chi connectivity index (χ1n) is 9.72. The van der Waals surface area contributed by atoms with Crippen LogP contribution in [0.5, 0.6) is 0 Å². The Hall–Kier alpha value is -1.84. The van der Waals surface area contributed by atoms with E-state index in [0.717, 1.165) is 44.2 Å². The maximum Gasteiger partial charge on any atom is 0.230 e. The average Bonchev–Trinajstić information content (AvgIpc) is 2.96. The minimum Gasteiger partial charge on any atom is -0.353 e. The van der Waals surface area contributed by atoms with Gasteiger partial charge in [-0.15, -0.1) is 0 Å². The number of benzene rings is 1. The summed E-state index contributed by atoms with van der Waals surface area (Å²) >= 11 is 0. The van der Waals surface area contributed by atoms with Crippen LogP contribution in [0.25, 0.3) is 0 Å². The zero-order chi connectivity index (χ0) is 18.0. The molecule has 0 aromatic heterocycles. The molecule has 3 rings (SSSR count). The summed E-state index contributed by atoms with van der Waals surface area (Å²) in [6.45, 7) is 6.25. The highest BCUT2D eigenvalue weighted by Gasteiger charge is 2.37. The number of hydrogen-bond acceptors (Lipinski definition) is 2. The standard InChI is InChI=1S/C21H30N2O2/c1-4-14(2)22-20(24)16-9-11-17(12-10-16)21(25)23-15(3)13-18-7-5-6-8-19(18)23/h5-8,14-17H,4,9-13H2,1-3H3,(H,22,24). The molecule has 1 N–H and O–H groups in total. The molecular formula is C21H30N2O2. The minimum absolute atomic E-state index is 0.0567. The third kappa shape index (κ3) is 3.73. The predicted molar refractivity (Wildman–Crippen MR) is 100 cm³/mol. The molecule has 0 radical (unpaired) electrons. The number of nitrogens with zero attached hydrogens (tertiary/aromatic N) is 1. The largest absolute Gasteiger partial charge is 0.353 e. The molecule has 0 spiro atoms. The first-order valence-corrected chi connectivity index (χ1v) is 9.72. The van der Waals surface area contributed by atoms with Gasteiger partial charge in [0.2, 0.25) is 11.8 Å². The van der Waals surface area contributed by atoms with Crippen LogP contribution in [-0.2, 0) is 16.0 Å². The molecule has 25 heavy (non-hydrogen) atoms. The van der Waals surface area contributed by atoms with E-state index in [1.807, 2.05) is 24.0 Å². The second-order valence-corrected chi connectivity index (χ2v) is 7.76. The lowest BCUT2D eigenvalue weighted by atomic mass is 9.80. The average molecular weight is 342 g/mol. The zero-order valence-electron chi connectivity index (χ0n) is 15.6. The zero-order valence-corrected chi connectivity index (χ0v) is 15.6. The highest BCUT2D eigenvalue weighted by molar-refractivity contribution is 5.97. The van der Waals surface area contributed by atoms with Crippen molar-refractivity contribution in [3.05, 3.63) is 29.8 Å². The van der Waals surface area contributed by atoms with Gasteiger partial charge in [-0.3, -0.25) is 9.59 Å². The van der Waals surface area contributed by atoms with Crippen molar-refractivity contribution < 1.29 is 9.59 Å². The van der Waals surface area contributed by atoms with Crippen molar-refractivity contribution in [2.75, 3.05) is 4.90 Å². The minimum atomic E-state index is 0.0567. The number of carbonyl (C=O) groups is 2. The molecule has 0 bridgehead atoms. The molecule has 136 valence electrons. The van der Waals surface area contributed by atoms with Gasteiger partial charge in [-0.25, -0.2) is 0 Å². The van der Waals surface area contributed by atoms with E-state index in [4.69, 9.17) is 0 Å². The van der Waals surface area contributed by atoms with Crippen molar-refractivity contribution in [3.8, 4) is 0 Å². The summed E-state index contributed by atoms with van der Waals surface area (Å²) in [5, 5.41) is 3.08. The van der Waals surface area contributed by atoms with Gasteiger partial charge in [0, 0.05) is 29.6 Å². The quantitative estimate of drug-likeness (QED) is 0.907. The Kier molecular flexibility index (Phi) is 5.45. The van der Waals surface area contributed by atoms with E-state index < -0.39 is 0 Å². The summed E-state index contributed by atoms with van der Waals surface area (Å²) in [7, 11) is 0. The van der Waals surface area contributed by atoms with Gasteiger partial charge in [0.05, 0.1) is 0 Å². The fraction of sp³-hybridized carbons (Fsp3) is 0.619. The molecule has 2 unspecified atom stereocenters. The first-order chi connectivity index (χ1) is 12.0. The Labute approximate surface area is 151 Å². The molecule has 1 aliphatic heterocycles. The molecule has 1 saturated carbocycles. The van der Waals surface area contributed by atoms with Crippen molar-refractivity contribution in [2.24, 2.45) is 11.8 Å². The van der Waals surface area contributed by atoms with E-state index in [1.165, 1.54) is 5.56 Å². The van der Waals surface area contributed by atoms with Crippen molar-refractivity contribution in [2.45, 2.75) is 71.4 Å². The number of anilines is 1. The van der Waals surface area contributed by atoms with Gasteiger partial charge in [-0.1, -0.05) is 25.1 Å². The van der Waals surface area contributed by atoms with Crippen LogP contribution in [0.4, 0.5) is 5.69 Å². The van der Waals surface area contributed by atoms with Crippen LogP contribution in [0.2, 0.25) is 0 Å². The first kappa shape index (κ1) is 18.0. The van der Waals surface area contributed by atoms with Crippen LogP contribution < -0.4 is 10.2 Å². The van der Waals surface area contributed by atoms with Gasteiger partial charge in [0.15, 0.2) is 0 Å². The van der Waals surface area contributed by atoms with E-state index in [-0.39, 0.29) is 35.7 Å². The number of rotatable bonds is 4. The van der Waals surface area contributed by atoms with Crippen molar-refractivity contribution in [1.82, 2.24) is 5.32 Å². The number of nitrogens with one attached hydrogen (secondary N) is 1. The van der Waals surface area contributed by atoms with E-state index in [1.54, 1.807) is 0 Å². The summed E-state index contributed by atoms with van der Waals surface area (Å²) in [6.07, 6.45) is 5.18. The van der Waals surface area contributed by atoms with Gasteiger partial charge in [0.1, 0.15) is 0 Å². The topological polar surface area (TPSA) is 49.4 Å². The number of amides is 2. The number of para-hydroxylation sites is 1. The van der Waals surface area contributed by atoms with Gasteiger partial charge < -0.3 is 10.2 Å². The number of carbonyl (C=O) groups excluding carboxylic acids is 2. The Morgan fingerprint density at radius 2 is 1.80 bits per heavy atom. The van der Waals surface area contributed by atoms with E-state index in [9.17, 15) is 9.59 Å². The fourth-order valence-corrected chi connectivity index (χ4v) is 4.16. The van der Waals surface area contributed by atoms with Crippen molar-refractivity contribution in [3.63, 3.8) is 0 Å². The molecule has 2 aliphatic rings. The third-order valence-corrected chi connectivity index (χ3v) is 5.89. The lowest BCUT2D eigenvalue weighted by Crippen LogP contribution is -2.43. The Morgan fingerprint density at radius 3 is 2.48 bits per heavy atom. The van der Waals surface area contributed by atoms with Crippen LogP contribution in [-0.4, -0.2) is 23.9 Å². The van der Waals surface area contributed by atoms with E-state index in [2.05, 4.69) is 31.3 Å². The van der Waals surface area contributed by atoms with Crippen LogP contribution in [0.15, 0.2) is 24.3 Å². The monoisotopic (exact) mass is 342 g/mol. The molecule has 1 aromatic carbocycles. The number of hydrogen-bond donors (Lipinski definition) is 1. The number of fused-ring (bicyclic) bond motifs is 1. The summed E-state index contributed by atoms with van der Waals surface area (Å²) in [6, 6.07) is 8.69. The molecule has 0 saturated heterocycles. The van der Waals surface area contributed by atoms with Crippen molar-refractivity contribution >= 4 is 17.5 Å². The van der Waals surface area contributed by atoms with Gasteiger partial charge in [0.25, 0.3) is 0 Å². The van der Waals surface area contributed by atoms with Crippen molar-refractivity contribution in [1.29, 1.82) is 0 Å². The van der Waals surface area contributed by atoms with Gasteiger partial charge in [-0.05, 0) is 64.0 Å². The summed E-state index contributed by atoms with van der Waals surface area (Å²) in [5.41, 5.74) is 2.35. The van der Waals surface area contributed by atoms with Crippen LogP contribution >= 0.6 is 0 Å².